The third-order valence-corrected chi connectivity index (χ3v) is 3.80. The predicted octanol–water partition coefficient (Wildman–Crippen LogP) is 2.65. The fraction of sp³-hybridized carbons (Fsp3) is 0.278. The first-order valence-corrected chi connectivity index (χ1v) is 7.51. The summed E-state index contributed by atoms with van der Waals surface area (Å²) in [5.74, 6) is 1.77. The zero-order valence-electron chi connectivity index (χ0n) is 13.1. The number of para-hydroxylation sites is 3. The summed E-state index contributed by atoms with van der Waals surface area (Å²) in [5, 5.41) is 2.95. The van der Waals surface area contributed by atoms with Crippen LogP contribution >= 0.6 is 0 Å². The fourth-order valence-electron chi connectivity index (χ4n) is 2.49. The molecule has 2 atom stereocenters. The van der Waals surface area contributed by atoms with Crippen LogP contribution < -0.4 is 19.5 Å². The first-order chi connectivity index (χ1) is 11.2. The summed E-state index contributed by atoms with van der Waals surface area (Å²) in [7, 11) is 1.55. The van der Waals surface area contributed by atoms with Crippen molar-refractivity contribution in [3.63, 3.8) is 0 Å². The van der Waals surface area contributed by atoms with Crippen LogP contribution in [0.1, 0.15) is 17.3 Å². The quantitative estimate of drug-likeness (QED) is 0.943. The Morgan fingerprint density at radius 3 is 2.65 bits per heavy atom. The SMILES string of the molecule is COc1ccccc1C(=O)N[C@H](C)[C@@H]1COc2ccccc2O1. The van der Waals surface area contributed by atoms with Crippen molar-refractivity contribution in [1.29, 1.82) is 0 Å². The van der Waals surface area contributed by atoms with E-state index in [1.54, 1.807) is 25.3 Å². The number of amides is 1. The van der Waals surface area contributed by atoms with Crippen LogP contribution in [0.5, 0.6) is 17.2 Å². The van der Waals surface area contributed by atoms with Crippen LogP contribution in [0.15, 0.2) is 48.5 Å². The molecule has 1 aliphatic rings. The van der Waals surface area contributed by atoms with E-state index in [9.17, 15) is 4.79 Å². The minimum absolute atomic E-state index is 0.197. The van der Waals surface area contributed by atoms with E-state index in [2.05, 4.69) is 5.32 Å². The van der Waals surface area contributed by atoms with Crippen LogP contribution in [0.2, 0.25) is 0 Å². The molecule has 1 amide bonds. The minimum atomic E-state index is -0.247. The summed E-state index contributed by atoms with van der Waals surface area (Å²) in [6.45, 7) is 2.29. The highest BCUT2D eigenvalue weighted by atomic mass is 16.6. The van der Waals surface area contributed by atoms with E-state index in [0.717, 1.165) is 5.75 Å². The van der Waals surface area contributed by atoms with Crippen LogP contribution in [0.25, 0.3) is 0 Å². The van der Waals surface area contributed by atoms with E-state index in [-0.39, 0.29) is 18.1 Å². The number of fused-ring (bicyclic) bond motifs is 1. The van der Waals surface area contributed by atoms with Gasteiger partial charge in [0.1, 0.15) is 12.4 Å². The number of benzene rings is 2. The zero-order valence-corrected chi connectivity index (χ0v) is 13.1. The van der Waals surface area contributed by atoms with Crippen molar-refractivity contribution in [3.05, 3.63) is 54.1 Å². The Hall–Kier alpha value is -2.69. The predicted molar refractivity (Wildman–Crippen MR) is 86.3 cm³/mol. The van der Waals surface area contributed by atoms with E-state index in [1.807, 2.05) is 37.3 Å². The smallest absolute Gasteiger partial charge is 0.255 e. The number of hydrogen-bond acceptors (Lipinski definition) is 4. The number of carbonyl (C=O) groups is 1. The van der Waals surface area contributed by atoms with E-state index in [0.29, 0.717) is 23.7 Å². The van der Waals surface area contributed by atoms with Crippen molar-refractivity contribution < 1.29 is 19.0 Å². The summed E-state index contributed by atoms with van der Waals surface area (Å²) in [4.78, 5) is 12.4. The molecule has 0 unspecified atom stereocenters. The van der Waals surface area contributed by atoms with E-state index in [1.165, 1.54) is 0 Å². The molecule has 2 aromatic carbocycles. The molecule has 1 N–H and O–H groups in total. The molecule has 0 fully saturated rings. The number of carbonyl (C=O) groups excluding carboxylic acids is 1. The molecule has 0 aromatic heterocycles. The largest absolute Gasteiger partial charge is 0.496 e. The fourth-order valence-corrected chi connectivity index (χ4v) is 2.49. The van der Waals surface area contributed by atoms with Crippen molar-refractivity contribution in [2.75, 3.05) is 13.7 Å². The maximum atomic E-state index is 12.4. The van der Waals surface area contributed by atoms with Gasteiger partial charge in [-0.15, -0.1) is 0 Å². The summed E-state index contributed by atoms with van der Waals surface area (Å²) >= 11 is 0. The van der Waals surface area contributed by atoms with Gasteiger partial charge in [0.15, 0.2) is 17.6 Å². The lowest BCUT2D eigenvalue weighted by Crippen LogP contribution is -2.48. The molecule has 0 spiro atoms. The highest BCUT2D eigenvalue weighted by molar-refractivity contribution is 5.97. The molecule has 2 aromatic rings. The van der Waals surface area contributed by atoms with Crippen LogP contribution in [0.4, 0.5) is 0 Å². The molecule has 1 heterocycles. The molecule has 0 radical (unpaired) electrons. The summed E-state index contributed by atoms with van der Waals surface area (Å²) < 4.78 is 16.8. The lowest BCUT2D eigenvalue weighted by Gasteiger charge is -2.30. The van der Waals surface area contributed by atoms with Gasteiger partial charge in [0.05, 0.1) is 18.7 Å². The molecule has 23 heavy (non-hydrogen) atoms. The molecular formula is C18H19NO4. The minimum Gasteiger partial charge on any atom is -0.496 e. The lowest BCUT2D eigenvalue weighted by atomic mass is 10.1. The van der Waals surface area contributed by atoms with Crippen LogP contribution in [0, 0.1) is 0 Å². The standard InChI is InChI=1S/C18H19NO4/c1-12(17-11-22-15-9-5-6-10-16(15)23-17)19-18(20)13-7-3-4-8-14(13)21-2/h3-10,12,17H,11H2,1-2H3,(H,19,20)/t12-,17+/m1/s1. The van der Waals surface area contributed by atoms with E-state index < -0.39 is 0 Å². The maximum absolute atomic E-state index is 12.4. The molecule has 5 nitrogen and oxygen atoms in total. The second-order valence-electron chi connectivity index (χ2n) is 5.38. The molecule has 120 valence electrons. The Bertz CT molecular complexity index is 701. The maximum Gasteiger partial charge on any atom is 0.255 e. The highest BCUT2D eigenvalue weighted by Gasteiger charge is 2.27. The number of ether oxygens (including phenoxy) is 3. The molecule has 3 rings (SSSR count). The van der Waals surface area contributed by atoms with Gasteiger partial charge in [-0.05, 0) is 31.2 Å². The lowest BCUT2D eigenvalue weighted by molar-refractivity contribution is 0.0605. The van der Waals surface area contributed by atoms with Gasteiger partial charge >= 0.3 is 0 Å². The topological polar surface area (TPSA) is 56.8 Å². The van der Waals surface area contributed by atoms with Gasteiger partial charge in [0.25, 0.3) is 5.91 Å². The molecule has 0 bridgehead atoms. The van der Waals surface area contributed by atoms with Crippen molar-refractivity contribution in [2.45, 2.75) is 19.1 Å². The Balaban J connectivity index is 1.68. The van der Waals surface area contributed by atoms with Crippen molar-refractivity contribution in [3.8, 4) is 17.2 Å². The second kappa shape index (κ2) is 6.60. The monoisotopic (exact) mass is 313 g/mol. The van der Waals surface area contributed by atoms with Crippen LogP contribution in [-0.2, 0) is 0 Å². The van der Waals surface area contributed by atoms with Crippen molar-refractivity contribution in [1.82, 2.24) is 5.32 Å². The first-order valence-electron chi connectivity index (χ1n) is 7.51. The van der Waals surface area contributed by atoms with Gasteiger partial charge in [-0.25, -0.2) is 0 Å². The molecular weight excluding hydrogens is 294 g/mol. The molecule has 5 heteroatoms. The van der Waals surface area contributed by atoms with Gasteiger partial charge in [0.2, 0.25) is 0 Å². The number of nitrogens with one attached hydrogen (secondary N) is 1. The second-order valence-corrected chi connectivity index (χ2v) is 5.38. The molecule has 1 aliphatic heterocycles. The van der Waals surface area contributed by atoms with Gasteiger partial charge in [-0.3, -0.25) is 4.79 Å². The van der Waals surface area contributed by atoms with Crippen LogP contribution in [0.3, 0.4) is 0 Å². The molecule has 0 saturated carbocycles. The van der Waals surface area contributed by atoms with Gasteiger partial charge in [-0.2, -0.15) is 0 Å². The molecule has 0 saturated heterocycles. The first kappa shape index (κ1) is 15.2. The van der Waals surface area contributed by atoms with Gasteiger partial charge < -0.3 is 19.5 Å². The summed E-state index contributed by atoms with van der Waals surface area (Å²) in [5.41, 5.74) is 0.499. The van der Waals surface area contributed by atoms with Crippen LogP contribution in [-0.4, -0.2) is 31.8 Å². The van der Waals surface area contributed by atoms with E-state index >= 15 is 0 Å². The average Bonchev–Trinajstić information content (AvgIpc) is 2.61. The van der Waals surface area contributed by atoms with Crippen molar-refractivity contribution in [2.24, 2.45) is 0 Å². The summed E-state index contributed by atoms with van der Waals surface area (Å²) in [6, 6.07) is 14.4. The Kier molecular flexibility index (Phi) is 4.37. The van der Waals surface area contributed by atoms with Gasteiger partial charge in [-0.1, -0.05) is 24.3 Å². The average molecular weight is 313 g/mol. The Labute approximate surface area is 135 Å². The zero-order chi connectivity index (χ0) is 16.2. The third kappa shape index (κ3) is 3.23. The van der Waals surface area contributed by atoms with E-state index in [4.69, 9.17) is 14.2 Å². The Morgan fingerprint density at radius 1 is 1.17 bits per heavy atom. The van der Waals surface area contributed by atoms with Gasteiger partial charge in [0, 0.05) is 0 Å². The highest BCUT2D eigenvalue weighted by Crippen LogP contribution is 2.31. The van der Waals surface area contributed by atoms with Crippen molar-refractivity contribution >= 4 is 5.91 Å². The number of methoxy groups -OCH3 is 1. The Morgan fingerprint density at radius 2 is 1.87 bits per heavy atom. The molecule has 0 aliphatic carbocycles. The third-order valence-electron chi connectivity index (χ3n) is 3.80. The normalized spacial score (nSPS) is 17.2. The summed E-state index contributed by atoms with van der Waals surface area (Å²) in [6.07, 6.45) is -0.247. The number of rotatable bonds is 4. The number of hydrogen-bond donors (Lipinski definition) is 1.